The molecule has 0 amide bonds. The van der Waals surface area contributed by atoms with Crippen LogP contribution in [0.25, 0.3) is 0 Å². The maximum absolute atomic E-state index is 5.92. The summed E-state index contributed by atoms with van der Waals surface area (Å²) in [5.74, 6) is 0.829. The molecule has 134 valence electrons. The van der Waals surface area contributed by atoms with Gasteiger partial charge in [0.05, 0.1) is 0 Å². The van der Waals surface area contributed by atoms with E-state index in [0.717, 1.165) is 38.0 Å². The van der Waals surface area contributed by atoms with E-state index < -0.39 is 0 Å². The highest BCUT2D eigenvalue weighted by molar-refractivity contribution is 5.16. The van der Waals surface area contributed by atoms with Gasteiger partial charge in [0.25, 0.3) is 0 Å². The zero-order chi connectivity index (χ0) is 16.2. The molecule has 24 heavy (non-hydrogen) atoms. The van der Waals surface area contributed by atoms with E-state index in [4.69, 9.17) is 4.74 Å². The summed E-state index contributed by atoms with van der Waals surface area (Å²) in [6.07, 6.45) is 10.6. The summed E-state index contributed by atoms with van der Waals surface area (Å²) >= 11 is 0. The number of ether oxygens (including phenoxy) is 1. The van der Waals surface area contributed by atoms with E-state index in [1.807, 2.05) is 0 Å². The Morgan fingerprint density at radius 2 is 1.75 bits per heavy atom. The van der Waals surface area contributed by atoms with Crippen molar-refractivity contribution in [3.63, 3.8) is 0 Å². The summed E-state index contributed by atoms with van der Waals surface area (Å²) in [5.41, 5.74) is 1.35. The predicted molar refractivity (Wildman–Crippen MR) is 95.5 cm³/mol. The van der Waals surface area contributed by atoms with Crippen LogP contribution in [0.3, 0.4) is 0 Å². The quantitative estimate of drug-likeness (QED) is 0.830. The molecule has 1 aromatic rings. The Balaban J connectivity index is 1.17. The van der Waals surface area contributed by atoms with Crippen molar-refractivity contribution in [3.05, 3.63) is 11.8 Å². The highest BCUT2D eigenvalue weighted by Crippen LogP contribution is 2.21. The van der Waals surface area contributed by atoms with E-state index in [1.165, 1.54) is 76.8 Å². The molecule has 3 aliphatic heterocycles. The van der Waals surface area contributed by atoms with Crippen molar-refractivity contribution < 1.29 is 4.74 Å². The zero-order valence-corrected chi connectivity index (χ0v) is 15.0. The maximum Gasteiger partial charge on any atom is 0.233 e. The van der Waals surface area contributed by atoms with Crippen LogP contribution in [-0.4, -0.2) is 65.0 Å². The first-order valence-corrected chi connectivity index (χ1v) is 10.0. The number of aromatic nitrogens is 2. The molecule has 0 saturated carbocycles. The third kappa shape index (κ3) is 3.94. The van der Waals surface area contributed by atoms with Gasteiger partial charge in [0.2, 0.25) is 5.88 Å². The first-order chi connectivity index (χ1) is 11.9. The highest BCUT2D eigenvalue weighted by atomic mass is 16.5. The molecule has 4 heterocycles. The Kier molecular flexibility index (Phi) is 5.38. The number of piperidine rings is 2. The third-order valence-electron chi connectivity index (χ3n) is 6.02. The Hall–Kier alpha value is -1.07. The number of aryl methyl sites for hydroxylation is 2. The number of nitrogens with zero attached hydrogens (tertiary/aromatic N) is 4. The predicted octanol–water partition coefficient (Wildman–Crippen LogP) is 2.55. The number of hydrogen-bond acceptors (Lipinski definition) is 4. The molecule has 2 fully saturated rings. The van der Waals surface area contributed by atoms with Gasteiger partial charge in [0, 0.05) is 30.9 Å². The molecule has 0 radical (unpaired) electrons. The molecular formula is C19H32N4O. The SMILES string of the molecule is c1c(OCCN2CCC(N3CCCCC3)CC2)nn2c1CCCC2. The first kappa shape index (κ1) is 16.4. The second-order valence-corrected chi connectivity index (χ2v) is 7.67. The summed E-state index contributed by atoms with van der Waals surface area (Å²) in [6.45, 7) is 7.98. The molecule has 5 nitrogen and oxygen atoms in total. The first-order valence-electron chi connectivity index (χ1n) is 10.0. The monoisotopic (exact) mass is 332 g/mol. The van der Waals surface area contributed by atoms with Crippen LogP contribution in [0.1, 0.15) is 50.6 Å². The van der Waals surface area contributed by atoms with E-state index in [-0.39, 0.29) is 0 Å². The van der Waals surface area contributed by atoms with Gasteiger partial charge >= 0.3 is 0 Å². The lowest BCUT2D eigenvalue weighted by Gasteiger charge is -2.40. The minimum atomic E-state index is 0.769. The average molecular weight is 332 g/mol. The molecule has 4 rings (SSSR count). The van der Waals surface area contributed by atoms with Gasteiger partial charge in [0.15, 0.2) is 0 Å². The normalized spacial score (nSPS) is 24.0. The summed E-state index contributed by atoms with van der Waals surface area (Å²) in [7, 11) is 0. The number of likely N-dealkylation sites (tertiary alicyclic amines) is 2. The molecule has 3 aliphatic rings. The standard InChI is InChI=1S/C19H32N4O/c1-3-9-22(10-4-1)17-7-12-21(13-8-17)14-15-24-19-16-18-6-2-5-11-23(18)20-19/h16-17H,1-15H2. The van der Waals surface area contributed by atoms with Crippen molar-refractivity contribution in [1.82, 2.24) is 19.6 Å². The molecule has 0 aromatic carbocycles. The van der Waals surface area contributed by atoms with Gasteiger partial charge in [0.1, 0.15) is 6.61 Å². The molecular weight excluding hydrogens is 300 g/mol. The summed E-state index contributed by atoms with van der Waals surface area (Å²) in [5, 5.41) is 4.58. The van der Waals surface area contributed by atoms with Crippen molar-refractivity contribution >= 4 is 0 Å². The van der Waals surface area contributed by atoms with Gasteiger partial charge in [-0.1, -0.05) is 6.42 Å². The van der Waals surface area contributed by atoms with Gasteiger partial charge in [-0.25, -0.2) is 0 Å². The smallest absolute Gasteiger partial charge is 0.233 e. The van der Waals surface area contributed by atoms with Gasteiger partial charge in [-0.3, -0.25) is 9.58 Å². The maximum atomic E-state index is 5.92. The van der Waals surface area contributed by atoms with Gasteiger partial charge in [-0.15, -0.1) is 5.10 Å². The molecule has 0 bridgehead atoms. The van der Waals surface area contributed by atoms with Gasteiger partial charge in [-0.05, 0) is 71.1 Å². The third-order valence-corrected chi connectivity index (χ3v) is 6.02. The minimum Gasteiger partial charge on any atom is -0.475 e. The van der Waals surface area contributed by atoms with Crippen molar-refractivity contribution in [1.29, 1.82) is 0 Å². The number of rotatable bonds is 5. The fraction of sp³-hybridized carbons (Fsp3) is 0.842. The molecule has 0 spiro atoms. The summed E-state index contributed by atoms with van der Waals surface area (Å²) < 4.78 is 8.05. The Morgan fingerprint density at radius 3 is 2.54 bits per heavy atom. The van der Waals surface area contributed by atoms with Crippen LogP contribution >= 0.6 is 0 Å². The van der Waals surface area contributed by atoms with E-state index in [1.54, 1.807) is 0 Å². The largest absolute Gasteiger partial charge is 0.475 e. The van der Waals surface area contributed by atoms with Crippen LogP contribution in [0.15, 0.2) is 6.07 Å². The zero-order valence-electron chi connectivity index (χ0n) is 15.0. The van der Waals surface area contributed by atoms with Crippen LogP contribution in [-0.2, 0) is 13.0 Å². The van der Waals surface area contributed by atoms with Crippen molar-refractivity contribution in [2.24, 2.45) is 0 Å². The van der Waals surface area contributed by atoms with Gasteiger partial charge < -0.3 is 9.64 Å². The van der Waals surface area contributed by atoms with E-state index in [9.17, 15) is 0 Å². The Bertz CT molecular complexity index is 492. The molecule has 5 heteroatoms. The minimum absolute atomic E-state index is 0.769. The topological polar surface area (TPSA) is 33.5 Å². The molecule has 0 unspecified atom stereocenters. The van der Waals surface area contributed by atoms with Crippen LogP contribution in [0, 0.1) is 0 Å². The number of fused-ring (bicyclic) bond motifs is 1. The average Bonchev–Trinajstić information content (AvgIpc) is 3.06. The van der Waals surface area contributed by atoms with Crippen LogP contribution < -0.4 is 4.74 Å². The summed E-state index contributed by atoms with van der Waals surface area (Å²) in [6, 6.07) is 2.98. The second kappa shape index (κ2) is 7.87. The summed E-state index contributed by atoms with van der Waals surface area (Å²) in [4.78, 5) is 5.31. The lowest BCUT2D eigenvalue weighted by Crippen LogP contribution is -2.47. The lowest BCUT2D eigenvalue weighted by molar-refractivity contribution is 0.0853. The van der Waals surface area contributed by atoms with Crippen molar-refractivity contribution in [2.45, 2.75) is 64.0 Å². The van der Waals surface area contributed by atoms with Crippen molar-refractivity contribution in [2.75, 3.05) is 39.3 Å². The molecule has 1 aromatic heterocycles. The van der Waals surface area contributed by atoms with Crippen LogP contribution in [0.5, 0.6) is 5.88 Å². The van der Waals surface area contributed by atoms with E-state index >= 15 is 0 Å². The Morgan fingerprint density at radius 1 is 0.958 bits per heavy atom. The lowest BCUT2D eigenvalue weighted by atomic mass is 10.00. The van der Waals surface area contributed by atoms with Gasteiger partial charge in [-0.2, -0.15) is 0 Å². The Labute approximate surface area is 145 Å². The van der Waals surface area contributed by atoms with Crippen molar-refractivity contribution in [3.8, 4) is 5.88 Å². The fourth-order valence-corrected chi connectivity index (χ4v) is 4.53. The second-order valence-electron chi connectivity index (χ2n) is 7.67. The molecule has 0 N–H and O–H groups in total. The molecule has 0 aliphatic carbocycles. The van der Waals surface area contributed by atoms with E-state index in [0.29, 0.717) is 0 Å². The molecule has 2 saturated heterocycles. The molecule has 0 atom stereocenters. The van der Waals surface area contributed by atoms with Crippen LogP contribution in [0.4, 0.5) is 0 Å². The highest BCUT2D eigenvalue weighted by Gasteiger charge is 2.25. The van der Waals surface area contributed by atoms with E-state index in [2.05, 4.69) is 25.6 Å². The van der Waals surface area contributed by atoms with Crippen LogP contribution in [0.2, 0.25) is 0 Å². The fourth-order valence-electron chi connectivity index (χ4n) is 4.53. The number of hydrogen-bond donors (Lipinski definition) is 0.